The van der Waals surface area contributed by atoms with Crippen LogP contribution in [0, 0.1) is 0 Å². The minimum atomic E-state index is -0.0915. The Morgan fingerprint density at radius 2 is 2.40 bits per heavy atom. The molecule has 1 fully saturated rings. The molecule has 130 valence electrons. The molecule has 0 saturated carbocycles. The number of carbonyl (C=O) groups excluding carboxylic acids is 1. The fourth-order valence-corrected chi connectivity index (χ4v) is 4.09. The predicted molar refractivity (Wildman–Crippen MR) is 96.0 cm³/mol. The summed E-state index contributed by atoms with van der Waals surface area (Å²) in [5, 5.41) is 5.32. The second-order valence-electron chi connectivity index (χ2n) is 5.84. The van der Waals surface area contributed by atoms with E-state index in [1.807, 2.05) is 12.1 Å². The van der Waals surface area contributed by atoms with E-state index in [1.54, 1.807) is 11.0 Å². The van der Waals surface area contributed by atoms with Crippen molar-refractivity contribution < 1.29 is 9.53 Å². The zero-order valence-electron chi connectivity index (χ0n) is 13.3. The van der Waals surface area contributed by atoms with Gasteiger partial charge < -0.3 is 4.74 Å². The van der Waals surface area contributed by atoms with Crippen LogP contribution in [0.2, 0.25) is 5.02 Å². The van der Waals surface area contributed by atoms with Crippen LogP contribution in [0.15, 0.2) is 30.9 Å². The van der Waals surface area contributed by atoms with Crippen LogP contribution in [0.1, 0.15) is 12.8 Å². The van der Waals surface area contributed by atoms with Gasteiger partial charge in [-0.05, 0) is 31.0 Å². The largest absolute Gasteiger partial charge is 0.376 e. The average Bonchev–Trinajstić information content (AvgIpc) is 3.33. The van der Waals surface area contributed by atoms with Crippen LogP contribution < -0.4 is 4.90 Å². The van der Waals surface area contributed by atoms with Crippen LogP contribution in [-0.4, -0.2) is 44.9 Å². The molecule has 1 atom stereocenters. The molecule has 0 bridgehead atoms. The Labute approximate surface area is 153 Å². The monoisotopic (exact) mass is 377 g/mol. The van der Waals surface area contributed by atoms with E-state index >= 15 is 0 Å². The Kier molecular flexibility index (Phi) is 4.65. The van der Waals surface area contributed by atoms with Crippen LogP contribution in [0.3, 0.4) is 0 Å². The number of thiazole rings is 1. The molecule has 1 aliphatic heterocycles. The summed E-state index contributed by atoms with van der Waals surface area (Å²) >= 11 is 7.51. The molecule has 3 heterocycles. The third-order valence-electron chi connectivity index (χ3n) is 4.05. The van der Waals surface area contributed by atoms with Crippen molar-refractivity contribution in [2.45, 2.75) is 25.5 Å². The predicted octanol–water partition coefficient (Wildman–Crippen LogP) is 2.75. The van der Waals surface area contributed by atoms with Crippen LogP contribution in [0.25, 0.3) is 10.2 Å². The molecule has 1 aliphatic rings. The molecule has 0 N–H and O–H groups in total. The molecule has 0 radical (unpaired) electrons. The average molecular weight is 378 g/mol. The number of nitrogens with zero attached hydrogens (tertiary/aromatic N) is 5. The molecule has 7 nitrogen and oxygen atoms in total. The van der Waals surface area contributed by atoms with Crippen molar-refractivity contribution in [3.05, 3.63) is 35.9 Å². The lowest BCUT2D eigenvalue weighted by Gasteiger charge is -2.22. The van der Waals surface area contributed by atoms with E-state index in [2.05, 4.69) is 15.1 Å². The SMILES string of the molecule is O=C(Cn1cncn1)N(CC1CCCO1)c1nc2ccc(Cl)cc2s1. The molecule has 4 rings (SSSR count). The minimum Gasteiger partial charge on any atom is -0.376 e. The number of halogens is 1. The number of benzene rings is 1. The maximum Gasteiger partial charge on any atom is 0.250 e. The highest BCUT2D eigenvalue weighted by molar-refractivity contribution is 7.22. The van der Waals surface area contributed by atoms with Gasteiger partial charge in [0, 0.05) is 11.6 Å². The Morgan fingerprint density at radius 1 is 1.48 bits per heavy atom. The van der Waals surface area contributed by atoms with Gasteiger partial charge in [0.25, 0.3) is 5.91 Å². The summed E-state index contributed by atoms with van der Waals surface area (Å²) < 4.78 is 8.17. The van der Waals surface area contributed by atoms with Gasteiger partial charge in [0.05, 0.1) is 22.9 Å². The van der Waals surface area contributed by atoms with E-state index in [0.29, 0.717) is 16.7 Å². The summed E-state index contributed by atoms with van der Waals surface area (Å²) in [6, 6.07) is 5.53. The van der Waals surface area contributed by atoms with Gasteiger partial charge in [0.1, 0.15) is 19.2 Å². The fourth-order valence-electron chi connectivity index (χ4n) is 2.82. The molecule has 1 unspecified atom stereocenters. The number of rotatable bonds is 5. The molecule has 9 heteroatoms. The maximum absolute atomic E-state index is 12.9. The van der Waals surface area contributed by atoms with E-state index in [0.717, 1.165) is 29.7 Å². The van der Waals surface area contributed by atoms with E-state index < -0.39 is 0 Å². The fraction of sp³-hybridized carbons (Fsp3) is 0.375. The smallest absolute Gasteiger partial charge is 0.250 e. The van der Waals surface area contributed by atoms with Crippen molar-refractivity contribution >= 4 is 44.2 Å². The summed E-state index contributed by atoms with van der Waals surface area (Å²) in [6.07, 6.45) is 4.95. The van der Waals surface area contributed by atoms with Gasteiger partial charge in [0.15, 0.2) is 5.13 Å². The van der Waals surface area contributed by atoms with Gasteiger partial charge in [-0.1, -0.05) is 22.9 Å². The highest BCUT2D eigenvalue weighted by atomic mass is 35.5. The highest BCUT2D eigenvalue weighted by Crippen LogP contribution is 2.31. The number of hydrogen-bond donors (Lipinski definition) is 0. The van der Waals surface area contributed by atoms with Crippen LogP contribution in [0.5, 0.6) is 0 Å². The lowest BCUT2D eigenvalue weighted by atomic mass is 10.2. The molecule has 1 saturated heterocycles. The Balaban J connectivity index is 1.63. The summed E-state index contributed by atoms with van der Waals surface area (Å²) in [6.45, 7) is 1.34. The third-order valence-corrected chi connectivity index (χ3v) is 5.32. The molecule has 2 aromatic heterocycles. The Bertz CT molecular complexity index is 876. The van der Waals surface area contributed by atoms with E-state index in [9.17, 15) is 4.79 Å². The number of carbonyl (C=O) groups is 1. The minimum absolute atomic E-state index is 0.0373. The first kappa shape index (κ1) is 16.4. The molecule has 1 amide bonds. The van der Waals surface area contributed by atoms with E-state index in [4.69, 9.17) is 16.3 Å². The summed E-state index contributed by atoms with van der Waals surface area (Å²) in [5.74, 6) is -0.0915. The maximum atomic E-state index is 12.9. The van der Waals surface area contributed by atoms with Gasteiger partial charge in [-0.15, -0.1) is 0 Å². The van der Waals surface area contributed by atoms with Crippen molar-refractivity contribution in [2.24, 2.45) is 0 Å². The zero-order chi connectivity index (χ0) is 17.2. The molecule has 0 spiro atoms. The lowest BCUT2D eigenvalue weighted by Crippen LogP contribution is -2.39. The number of fused-ring (bicyclic) bond motifs is 1. The van der Waals surface area contributed by atoms with Gasteiger partial charge in [-0.2, -0.15) is 5.10 Å². The van der Waals surface area contributed by atoms with Crippen LogP contribution in [0.4, 0.5) is 5.13 Å². The standard InChI is InChI=1S/C16H16ClN5O2S/c17-11-3-4-13-14(6-11)25-16(20-13)22(7-12-2-1-5-24-12)15(23)8-21-10-18-9-19-21/h3-4,6,9-10,12H,1-2,5,7-8H2. The van der Waals surface area contributed by atoms with Crippen molar-refractivity contribution in [1.29, 1.82) is 0 Å². The molecule has 1 aromatic carbocycles. The first-order valence-corrected chi connectivity index (χ1v) is 9.19. The van der Waals surface area contributed by atoms with Gasteiger partial charge in [0.2, 0.25) is 0 Å². The topological polar surface area (TPSA) is 73.1 Å². The third kappa shape index (κ3) is 3.65. The first-order valence-electron chi connectivity index (χ1n) is 7.99. The van der Waals surface area contributed by atoms with E-state index in [-0.39, 0.29) is 18.6 Å². The molecule has 3 aromatic rings. The summed E-state index contributed by atoms with van der Waals surface area (Å²) in [5.41, 5.74) is 0.829. The van der Waals surface area contributed by atoms with Crippen molar-refractivity contribution in [3.8, 4) is 0 Å². The number of amides is 1. The van der Waals surface area contributed by atoms with Gasteiger partial charge >= 0.3 is 0 Å². The van der Waals surface area contributed by atoms with E-state index in [1.165, 1.54) is 28.7 Å². The second-order valence-corrected chi connectivity index (χ2v) is 7.29. The van der Waals surface area contributed by atoms with Crippen LogP contribution in [-0.2, 0) is 16.1 Å². The van der Waals surface area contributed by atoms with Crippen molar-refractivity contribution in [1.82, 2.24) is 19.7 Å². The summed E-state index contributed by atoms with van der Waals surface area (Å²) in [4.78, 5) is 23.1. The molecule has 25 heavy (non-hydrogen) atoms. The second kappa shape index (κ2) is 7.07. The quantitative estimate of drug-likeness (QED) is 0.683. The molecule has 0 aliphatic carbocycles. The van der Waals surface area contributed by atoms with Crippen molar-refractivity contribution in [2.75, 3.05) is 18.1 Å². The number of aromatic nitrogens is 4. The Morgan fingerprint density at radius 3 is 3.16 bits per heavy atom. The Hall–Kier alpha value is -2.03. The first-order chi connectivity index (χ1) is 12.2. The number of hydrogen-bond acceptors (Lipinski definition) is 6. The molecular formula is C16H16ClN5O2S. The number of ether oxygens (including phenoxy) is 1. The highest BCUT2D eigenvalue weighted by Gasteiger charge is 2.26. The van der Waals surface area contributed by atoms with Crippen molar-refractivity contribution in [3.63, 3.8) is 0 Å². The summed E-state index contributed by atoms with van der Waals surface area (Å²) in [7, 11) is 0. The van der Waals surface area contributed by atoms with Gasteiger partial charge in [-0.25, -0.2) is 14.6 Å². The lowest BCUT2D eigenvalue weighted by molar-refractivity contribution is -0.119. The van der Waals surface area contributed by atoms with Crippen LogP contribution >= 0.6 is 22.9 Å². The molecular weight excluding hydrogens is 362 g/mol. The normalized spacial score (nSPS) is 17.2. The zero-order valence-corrected chi connectivity index (χ0v) is 14.9. The number of anilines is 1. The van der Waals surface area contributed by atoms with Gasteiger partial charge in [-0.3, -0.25) is 9.69 Å².